The first-order valence-corrected chi connectivity index (χ1v) is 6.98. The quantitative estimate of drug-likeness (QED) is 0.454. The van der Waals surface area contributed by atoms with Crippen LogP contribution in [0.3, 0.4) is 0 Å². The normalized spacial score (nSPS) is 10.5. The predicted molar refractivity (Wildman–Crippen MR) is 72.9 cm³/mol. The molecule has 4 heteroatoms. The van der Waals surface area contributed by atoms with Crippen molar-refractivity contribution in [1.29, 1.82) is 0 Å². The molecule has 0 aromatic carbocycles. The van der Waals surface area contributed by atoms with Crippen LogP contribution in [0.25, 0.3) is 0 Å². The fourth-order valence-electron chi connectivity index (χ4n) is 1.67. The van der Waals surface area contributed by atoms with E-state index in [1.54, 1.807) is 0 Å². The zero-order chi connectivity index (χ0) is 12.8. The van der Waals surface area contributed by atoms with Crippen molar-refractivity contribution in [2.75, 3.05) is 26.2 Å². The van der Waals surface area contributed by atoms with Gasteiger partial charge in [-0.3, -0.25) is 4.79 Å². The zero-order valence-electron chi connectivity index (χ0n) is 11.3. The molecular formula is C13H29N3O. The van der Waals surface area contributed by atoms with Crippen LogP contribution in [0.1, 0.15) is 51.9 Å². The molecule has 0 aliphatic carbocycles. The van der Waals surface area contributed by atoms with Crippen molar-refractivity contribution >= 4 is 5.91 Å². The fourth-order valence-corrected chi connectivity index (χ4v) is 1.67. The summed E-state index contributed by atoms with van der Waals surface area (Å²) in [5, 5.41) is 6.04. The summed E-state index contributed by atoms with van der Waals surface area (Å²) in [5.74, 6) is 0.176. The maximum absolute atomic E-state index is 11.4. The van der Waals surface area contributed by atoms with E-state index >= 15 is 0 Å². The maximum atomic E-state index is 11.4. The van der Waals surface area contributed by atoms with Crippen molar-refractivity contribution in [3.05, 3.63) is 0 Å². The van der Waals surface area contributed by atoms with Crippen LogP contribution in [0.5, 0.6) is 0 Å². The van der Waals surface area contributed by atoms with Crippen LogP contribution in [0.2, 0.25) is 0 Å². The number of nitrogens with two attached hydrogens (primary N) is 1. The van der Waals surface area contributed by atoms with Crippen LogP contribution in [0.4, 0.5) is 0 Å². The van der Waals surface area contributed by atoms with Gasteiger partial charge in [0.15, 0.2) is 0 Å². The summed E-state index contributed by atoms with van der Waals surface area (Å²) in [6.07, 6.45) is 8.03. The van der Waals surface area contributed by atoms with Crippen LogP contribution in [0.15, 0.2) is 0 Å². The van der Waals surface area contributed by atoms with Gasteiger partial charge < -0.3 is 16.4 Å². The van der Waals surface area contributed by atoms with Gasteiger partial charge in [-0.1, -0.05) is 39.0 Å². The number of unbranched alkanes of at least 4 members (excludes halogenated alkanes) is 5. The Morgan fingerprint density at radius 2 is 1.71 bits per heavy atom. The molecule has 0 heterocycles. The smallest absolute Gasteiger partial charge is 0.220 e. The SMILES string of the molecule is CCCCCCCCC(=O)NCCNCCN. The van der Waals surface area contributed by atoms with Crippen LogP contribution < -0.4 is 16.4 Å². The Hall–Kier alpha value is -0.610. The lowest BCUT2D eigenvalue weighted by molar-refractivity contribution is -0.121. The third kappa shape index (κ3) is 13.3. The molecule has 17 heavy (non-hydrogen) atoms. The third-order valence-electron chi connectivity index (χ3n) is 2.70. The first kappa shape index (κ1) is 16.4. The van der Waals surface area contributed by atoms with Crippen LogP contribution in [0, 0.1) is 0 Å². The van der Waals surface area contributed by atoms with Crippen molar-refractivity contribution in [1.82, 2.24) is 10.6 Å². The standard InChI is InChI=1S/C13H29N3O/c1-2-3-4-5-6-7-8-13(17)16-12-11-15-10-9-14/h15H,2-12,14H2,1H3,(H,16,17). The van der Waals surface area contributed by atoms with Gasteiger partial charge in [0, 0.05) is 32.6 Å². The average Bonchev–Trinajstić information content (AvgIpc) is 2.33. The molecule has 0 rings (SSSR count). The van der Waals surface area contributed by atoms with Crippen molar-refractivity contribution in [3.63, 3.8) is 0 Å². The minimum Gasteiger partial charge on any atom is -0.355 e. The van der Waals surface area contributed by atoms with E-state index in [0.717, 1.165) is 19.5 Å². The number of nitrogens with one attached hydrogen (secondary N) is 2. The summed E-state index contributed by atoms with van der Waals surface area (Å²) < 4.78 is 0. The maximum Gasteiger partial charge on any atom is 0.220 e. The Labute approximate surface area is 106 Å². The molecule has 0 bridgehead atoms. The van der Waals surface area contributed by atoms with E-state index in [2.05, 4.69) is 17.6 Å². The summed E-state index contributed by atoms with van der Waals surface area (Å²) >= 11 is 0. The molecule has 0 saturated carbocycles. The van der Waals surface area contributed by atoms with Crippen LogP contribution in [-0.4, -0.2) is 32.1 Å². The molecule has 4 N–H and O–H groups in total. The highest BCUT2D eigenvalue weighted by molar-refractivity contribution is 5.75. The van der Waals surface area contributed by atoms with Crippen LogP contribution in [-0.2, 0) is 4.79 Å². The van der Waals surface area contributed by atoms with Gasteiger partial charge >= 0.3 is 0 Å². The Balaban J connectivity index is 3.12. The summed E-state index contributed by atoms with van der Waals surface area (Å²) in [6.45, 7) is 5.18. The lowest BCUT2D eigenvalue weighted by Crippen LogP contribution is -2.33. The molecule has 0 aromatic heterocycles. The minimum atomic E-state index is 0.176. The topological polar surface area (TPSA) is 67.2 Å². The molecule has 0 spiro atoms. The van der Waals surface area contributed by atoms with Gasteiger partial charge in [0.05, 0.1) is 0 Å². The van der Waals surface area contributed by atoms with Crippen LogP contribution >= 0.6 is 0 Å². The molecule has 0 unspecified atom stereocenters. The van der Waals surface area contributed by atoms with Crippen molar-refractivity contribution in [2.45, 2.75) is 51.9 Å². The van der Waals surface area contributed by atoms with Gasteiger partial charge in [0.2, 0.25) is 5.91 Å². The van der Waals surface area contributed by atoms with E-state index < -0.39 is 0 Å². The van der Waals surface area contributed by atoms with Crippen molar-refractivity contribution in [3.8, 4) is 0 Å². The highest BCUT2D eigenvalue weighted by Gasteiger charge is 1.99. The molecule has 0 saturated heterocycles. The number of hydrogen-bond donors (Lipinski definition) is 3. The molecule has 0 radical (unpaired) electrons. The molecule has 0 atom stereocenters. The molecule has 0 aliphatic heterocycles. The van der Waals surface area contributed by atoms with E-state index in [1.165, 1.54) is 32.1 Å². The Morgan fingerprint density at radius 3 is 2.41 bits per heavy atom. The Kier molecular flexibility index (Phi) is 13.0. The van der Waals surface area contributed by atoms with E-state index in [1.807, 2.05) is 0 Å². The van der Waals surface area contributed by atoms with Gasteiger partial charge in [-0.2, -0.15) is 0 Å². The van der Waals surface area contributed by atoms with Crippen molar-refractivity contribution in [2.24, 2.45) is 5.73 Å². The van der Waals surface area contributed by atoms with Crippen molar-refractivity contribution < 1.29 is 4.79 Å². The number of amides is 1. The van der Waals surface area contributed by atoms with Gasteiger partial charge in [-0.15, -0.1) is 0 Å². The largest absolute Gasteiger partial charge is 0.355 e. The molecular weight excluding hydrogens is 214 g/mol. The molecule has 0 aliphatic rings. The summed E-state index contributed by atoms with van der Waals surface area (Å²) in [4.78, 5) is 11.4. The van der Waals surface area contributed by atoms with E-state index in [4.69, 9.17) is 5.73 Å². The zero-order valence-corrected chi connectivity index (χ0v) is 11.3. The number of carbonyl (C=O) groups excluding carboxylic acids is 1. The summed E-state index contributed by atoms with van der Waals surface area (Å²) in [6, 6.07) is 0. The predicted octanol–water partition coefficient (Wildman–Crippen LogP) is 1.40. The molecule has 0 fully saturated rings. The second kappa shape index (κ2) is 13.5. The number of rotatable bonds is 12. The molecule has 0 aromatic rings. The summed E-state index contributed by atoms with van der Waals surface area (Å²) in [7, 11) is 0. The molecule has 1 amide bonds. The fraction of sp³-hybridized carbons (Fsp3) is 0.923. The van der Waals surface area contributed by atoms with Gasteiger partial charge in [-0.05, 0) is 6.42 Å². The minimum absolute atomic E-state index is 0.176. The molecule has 102 valence electrons. The Bertz CT molecular complexity index is 174. The second-order valence-corrected chi connectivity index (χ2v) is 4.41. The first-order chi connectivity index (χ1) is 8.31. The monoisotopic (exact) mass is 243 g/mol. The third-order valence-corrected chi connectivity index (χ3v) is 2.70. The van der Waals surface area contributed by atoms with Gasteiger partial charge in [0.1, 0.15) is 0 Å². The molecule has 4 nitrogen and oxygen atoms in total. The van der Waals surface area contributed by atoms with Gasteiger partial charge in [-0.25, -0.2) is 0 Å². The highest BCUT2D eigenvalue weighted by Crippen LogP contribution is 2.06. The van der Waals surface area contributed by atoms with Gasteiger partial charge in [0.25, 0.3) is 0 Å². The second-order valence-electron chi connectivity index (χ2n) is 4.41. The average molecular weight is 243 g/mol. The van der Waals surface area contributed by atoms with E-state index in [9.17, 15) is 4.79 Å². The number of carbonyl (C=O) groups is 1. The summed E-state index contributed by atoms with van der Waals surface area (Å²) in [5.41, 5.74) is 5.34. The first-order valence-electron chi connectivity index (χ1n) is 6.98. The Morgan fingerprint density at radius 1 is 1.00 bits per heavy atom. The van der Waals surface area contributed by atoms with E-state index in [0.29, 0.717) is 19.5 Å². The number of hydrogen-bond acceptors (Lipinski definition) is 3. The highest BCUT2D eigenvalue weighted by atomic mass is 16.1. The van der Waals surface area contributed by atoms with E-state index in [-0.39, 0.29) is 5.91 Å². The lowest BCUT2D eigenvalue weighted by atomic mass is 10.1. The lowest BCUT2D eigenvalue weighted by Gasteiger charge is -2.06.